The van der Waals surface area contributed by atoms with Gasteiger partial charge in [0.15, 0.2) is 9.84 Å². The van der Waals surface area contributed by atoms with Gasteiger partial charge in [0.05, 0.1) is 11.5 Å². The first-order valence-corrected chi connectivity index (χ1v) is 7.44. The zero-order valence-electron chi connectivity index (χ0n) is 9.96. The minimum absolute atomic E-state index is 0.0566. The zero-order chi connectivity index (χ0) is 12.9. The summed E-state index contributed by atoms with van der Waals surface area (Å²) < 4.78 is 27.4. The number of nitrogens with zero attached hydrogens (tertiary/aromatic N) is 1. The molecule has 0 spiro atoms. The fourth-order valence-corrected chi connectivity index (χ4v) is 3.15. The first-order chi connectivity index (χ1) is 7.96. The van der Waals surface area contributed by atoms with E-state index in [0.29, 0.717) is 32.5 Å². The lowest BCUT2D eigenvalue weighted by atomic mass is 10.1. The summed E-state index contributed by atoms with van der Waals surface area (Å²) in [6.07, 6.45) is 1.15. The molecule has 100 valence electrons. The van der Waals surface area contributed by atoms with Crippen LogP contribution in [0.1, 0.15) is 12.8 Å². The van der Waals surface area contributed by atoms with Crippen molar-refractivity contribution in [3.63, 3.8) is 0 Å². The maximum Gasteiger partial charge on any atom is 0.320 e. The Morgan fingerprint density at radius 1 is 1.41 bits per heavy atom. The predicted molar refractivity (Wildman–Crippen MR) is 62.8 cm³/mol. The van der Waals surface area contributed by atoms with E-state index in [1.165, 1.54) is 0 Å². The third-order valence-corrected chi connectivity index (χ3v) is 4.54. The number of carboxylic acids is 1. The first-order valence-electron chi connectivity index (χ1n) is 5.62. The molecule has 1 rings (SSSR count). The molecule has 1 N–H and O–H groups in total. The highest BCUT2D eigenvalue weighted by molar-refractivity contribution is 7.91. The maximum absolute atomic E-state index is 11.3. The Kier molecular flexibility index (Phi) is 5.35. The molecule has 0 aromatic rings. The van der Waals surface area contributed by atoms with E-state index in [-0.39, 0.29) is 11.5 Å². The topological polar surface area (TPSA) is 83.9 Å². The van der Waals surface area contributed by atoms with Crippen molar-refractivity contribution in [2.75, 3.05) is 38.3 Å². The molecule has 0 bridgehead atoms. The van der Waals surface area contributed by atoms with E-state index in [4.69, 9.17) is 9.84 Å². The normalized spacial score (nSPS) is 22.2. The van der Waals surface area contributed by atoms with Crippen LogP contribution in [0.3, 0.4) is 0 Å². The quantitative estimate of drug-likeness (QED) is 0.658. The lowest BCUT2D eigenvalue weighted by Gasteiger charge is -2.31. The van der Waals surface area contributed by atoms with Crippen molar-refractivity contribution in [3.05, 3.63) is 0 Å². The number of aliphatic carboxylic acids is 1. The fourth-order valence-electron chi connectivity index (χ4n) is 1.92. The second-order valence-corrected chi connectivity index (χ2v) is 6.48. The van der Waals surface area contributed by atoms with Gasteiger partial charge in [-0.3, -0.25) is 9.69 Å². The Morgan fingerprint density at radius 2 is 2.00 bits per heavy atom. The monoisotopic (exact) mass is 265 g/mol. The summed E-state index contributed by atoms with van der Waals surface area (Å²) in [5.74, 6) is -0.775. The van der Waals surface area contributed by atoms with Gasteiger partial charge in [0.1, 0.15) is 6.04 Å². The summed E-state index contributed by atoms with van der Waals surface area (Å²) in [4.78, 5) is 12.9. The summed E-state index contributed by atoms with van der Waals surface area (Å²) in [5.41, 5.74) is 0. The largest absolute Gasteiger partial charge is 0.480 e. The van der Waals surface area contributed by atoms with Gasteiger partial charge in [-0.05, 0) is 12.8 Å². The van der Waals surface area contributed by atoms with Gasteiger partial charge in [-0.15, -0.1) is 0 Å². The van der Waals surface area contributed by atoms with Gasteiger partial charge >= 0.3 is 5.97 Å². The van der Waals surface area contributed by atoms with Crippen LogP contribution in [0.15, 0.2) is 0 Å². The number of carboxylic acid groups (broad SMARTS) is 1. The summed E-state index contributed by atoms with van der Waals surface area (Å²) >= 11 is 0. The molecule has 6 nitrogen and oxygen atoms in total. The van der Waals surface area contributed by atoms with E-state index >= 15 is 0 Å². The van der Waals surface area contributed by atoms with Crippen molar-refractivity contribution in [2.45, 2.75) is 18.9 Å². The second-order valence-electron chi connectivity index (χ2n) is 4.18. The van der Waals surface area contributed by atoms with Crippen molar-refractivity contribution >= 4 is 15.8 Å². The molecule has 1 heterocycles. The first kappa shape index (κ1) is 14.4. The number of methoxy groups -OCH3 is 1. The number of sulfone groups is 1. The van der Waals surface area contributed by atoms with Gasteiger partial charge in [-0.1, -0.05) is 0 Å². The molecular formula is C10H19NO5S. The van der Waals surface area contributed by atoms with Crippen LogP contribution in [-0.2, 0) is 19.4 Å². The van der Waals surface area contributed by atoms with Crippen LogP contribution >= 0.6 is 0 Å². The van der Waals surface area contributed by atoms with E-state index in [1.807, 2.05) is 0 Å². The number of rotatable bonds is 6. The van der Waals surface area contributed by atoms with Crippen LogP contribution in [0.2, 0.25) is 0 Å². The SMILES string of the molecule is COCCCC(C(=O)O)N1CCS(=O)(=O)CC1. The van der Waals surface area contributed by atoms with Crippen LogP contribution in [0.5, 0.6) is 0 Å². The average molecular weight is 265 g/mol. The molecule has 0 aliphatic carbocycles. The molecule has 1 unspecified atom stereocenters. The molecule has 17 heavy (non-hydrogen) atoms. The summed E-state index contributed by atoms with van der Waals surface area (Å²) in [6, 6.07) is -0.597. The Balaban J connectivity index is 2.51. The van der Waals surface area contributed by atoms with Crippen LogP contribution < -0.4 is 0 Å². The fraction of sp³-hybridized carbons (Fsp3) is 0.900. The van der Waals surface area contributed by atoms with Gasteiger partial charge in [0, 0.05) is 26.8 Å². The molecule has 1 atom stereocenters. The molecule has 0 saturated carbocycles. The molecule has 7 heteroatoms. The highest BCUT2D eigenvalue weighted by Gasteiger charge is 2.30. The van der Waals surface area contributed by atoms with E-state index in [0.717, 1.165) is 0 Å². The van der Waals surface area contributed by atoms with Crippen LogP contribution in [0.25, 0.3) is 0 Å². The van der Waals surface area contributed by atoms with Crippen molar-refractivity contribution in [1.29, 1.82) is 0 Å². The Bertz CT molecular complexity index is 340. The van der Waals surface area contributed by atoms with E-state index < -0.39 is 21.8 Å². The molecule has 0 amide bonds. The van der Waals surface area contributed by atoms with Gasteiger partial charge in [0.25, 0.3) is 0 Å². The molecule has 0 aromatic heterocycles. The predicted octanol–water partition coefficient (Wildman–Crippen LogP) is -0.403. The smallest absolute Gasteiger partial charge is 0.320 e. The Morgan fingerprint density at radius 3 is 2.47 bits per heavy atom. The summed E-state index contributed by atoms with van der Waals surface area (Å²) in [6.45, 7) is 1.15. The highest BCUT2D eigenvalue weighted by Crippen LogP contribution is 2.12. The van der Waals surface area contributed by atoms with Crippen LogP contribution in [0.4, 0.5) is 0 Å². The van der Waals surface area contributed by atoms with Gasteiger partial charge in [-0.25, -0.2) is 8.42 Å². The lowest BCUT2D eigenvalue weighted by Crippen LogP contribution is -2.49. The van der Waals surface area contributed by atoms with Crippen LogP contribution in [-0.4, -0.2) is 68.7 Å². The summed E-state index contributed by atoms with van der Waals surface area (Å²) in [7, 11) is -1.39. The minimum Gasteiger partial charge on any atom is -0.480 e. The number of carbonyl (C=O) groups is 1. The Hall–Kier alpha value is -0.660. The van der Waals surface area contributed by atoms with E-state index in [2.05, 4.69) is 0 Å². The second kappa shape index (κ2) is 6.32. The summed E-state index contributed by atoms with van der Waals surface area (Å²) in [5, 5.41) is 9.12. The molecule has 1 fully saturated rings. The minimum atomic E-state index is -2.96. The number of ether oxygens (including phenoxy) is 1. The number of hydrogen-bond acceptors (Lipinski definition) is 5. The molecule has 1 saturated heterocycles. The Labute approximate surface area is 101 Å². The van der Waals surface area contributed by atoms with Crippen molar-refractivity contribution in [1.82, 2.24) is 4.90 Å². The molecule has 0 aromatic carbocycles. The standard InChI is InChI=1S/C10H19NO5S/c1-16-6-2-3-9(10(12)13)11-4-7-17(14,15)8-5-11/h9H,2-8H2,1H3,(H,12,13). The van der Waals surface area contributed by atoms with Gasteiger partial charge in [0.2, 0.25) is 0 Å². The maximum atomic E-state index is 11.3. The highest BCUT2D eigenvalue weighted by atomic mass is 32.2. The molecular weight excluding hydrogens is 246 g/mol. The van der Waals surface area contributed by atoms with Crippen molar-refractivity contribution in [3.8, 4) is 0 Å². The molecule has 0 radical (unpaired) electrons. The van der Waals surface area contributed by atoms with E-state index in [1.54, 1.807) is 12.0 Å². The third-order valence-electron chi connectivity index (χ3n) is 2.93. The molecule has 1 aliphatic rings. The molecule has 1 aliphatic heterocycles. The van der Waals surface area contributed by atoms with Crippen molar-refractivity contribution < 1.29 is 23.1 Å². The van der Waals surface area contributed by atoms with Crippen LogP contribution in [0, 0.1) is 0 Å². The third kappa shape index (κ3) is 4.61. The lowest BCUT2D eigenvalue weighted by molar-refractivity contribution is -0.143. The van der Waals surface area contributed by atoms with E-state index in [9.17, 15) is 13.2 Å². The average Bonchev–Trinajstić information content (AvgIpc) is 2.25. The zero-order valence-corrected chi connectivity index (χ0v) is 10.8. The van der Waals surface area contributed by atoms with Gasteiger partial charge in [-0.2, -0.15) is 0 Å². The van der Waals surface area contributed by atoms with Gasteiger partial charge < -0.3 is 9.84 Å². The van der Waals surface area contributed by atoms with Crippen molar-refractivity contribution in [2.24, 2.45) is 0 Å². The number of hydrogen-bond donors (Lipinski definition) is 1.